The lowest BCUT2D eigenvalue weighted by Gasteiger charge is -2.29. The van der Waals surface area contributed by atoms with E-state index in [9.17, 15) is 0 Å². The first-order valence-electron chi connectivity index (χ1n) is 4.31. The predicted octanol–water partition coefficient (Wildman–Crippen LogP) is 0.300. The van der Waals surface area contributed by atoms with E-state index in [1.165, 1.54) is 32.6 Å². The van der Waals surface area contributed by atoms with Crippen LogP contribution in [0.25, 0.3) is 0 Å². The SMILES string of the molecule is C[C@H]1CC2CNCCN2C1. The molecule has 0 amide bonds. The van der Waals surface area contributed by atoms with E-state index in [0.717, 1.165) is 12.0 Å². The van der Waals surface area contributed by atoms with Crippen molar-refractivity contribution in [2.24, 2.45) is 5.92 Å². The van der Waals surface area contributed by atoms with Crippen LogP contribution < -0.4 is 5.32 Å². The molecule has 10 heavy (non-hydrogen) atoms. The van der Waals surface area contributed by atoms with Crippen LogP contribution in [0.15, 0.2) is 0 Å². The summed E-state index contributed by atoms with van der Waals surface area (Å²) < 4.78 is 0. The predicted molar refractivity (Wildman–Crippen MR) is 42.0 cm³/mol. The van der Waals surface area contributed by atoms with Crippen LogP contribution in [0, 0.1) is 5.92 Å². The maximum atomic E-state index is 3.44. The van der Waals surface area contributed by atoms with Gasteiger partial charge in [-0.25, -0.2) is 0 Å². The summed E-state index contributed by atoms with van der Waals surface area (Å²) in [7, 11) is 0. The summed E-state index contributed by atoms with van der Waals surface area (Å²) >= 11 is 0. The largest absolute Gasteiger partial charge is 0.314 e. The van der Waals surface area contributed by atoms with Crippen molar-refractivity contribution >= 4 is 0 Å². The molecule has 2 nitrogen and oxygen atoms in total. The summed E-state index contributed by atoms with van der Waals surface area (Å²) in [6, 6.07) is 0.865. The van der Waals surface area contributed by atoms with E-state index in [4.69, 9.17) is 0 Å². The summed E-state index contributed by atoms with van der Waals surface area (Å²) in [5, 5.41) is 3.44. The first-order chi connectivity index (χ1) is 4.86. The van der Waals surface area contributed by atoms with E-state index in [2.05, 4.69) is 17.1 Å². The number of hydrogen-bond acceptors (Lipinski definition) is 2. The Hall–Kier alpha value is -0.0800. The highest BCUT2D eigenvalue weighted by molar-refractivity contribution is 4.87. The highest BCUT2D eigenvalue weighted by Crippen LogP contribution is 2.22. The molecule has 1 unspecified atom stereocenters. The van der Waals surface area contributed by atoms with Crippen LogP contribution >= 0.6 is 0 Å². The maximum Gasteiger partial charge on any atom is 0.0224 e. The molecule has 0 aliphatic carbocycles. The van der Waals surface area contributed by atoms with Crippen molar-refractivity contribution in [2.75, 3.05) is 26.2 Å². The lowest BCUT2D eigenvalue weighted by Crippen LogP contribution is -2.47. The Bertz CT molecular complexity index is 110. The Morgan fingerprint density at radius 3 is 3.20 bits per heavy atom. The van der Waals surface area contributed by atoms with E-state index < -0.39 is 0 Å². The first kappa shape index (κ1) is 6.62. The molecular weight excluding hydrogens is 124 g/mol. The lowest BCUT2D eigenvalue weighted by molar-refractivity contribution is 0.211. The number of nitrogens with zero attached hydrogens (tertiary/aromatic N) is 1. The van der Waals surface area contributed by atoms with E-state index in [1.807, 2.05) is 0 Å². The summed E-state index contributed by atoms with van der Waals surface area (Å²) in [4.78, 5) is 2.63. The molecule has 0 spiro atoms. The first-order valence-corrected chi connectivity index (χ1v) is 4.31. The average molecular weight is 140 g/mol. The van der Waals surface area contributed by atoms with Gasteiger partial charge in [0.25, 0.3) is 0 Å². The third-order valence-corrected chi connectivity index (χ3v) is 2.69. The molecule has 0 bridgehead atoms. The minimum atomic E-state index is 0.865. The fourth-order valence-corrected chi connectivity index (χ4v) is 2.22. The molecule has 2 aliphatic heterocycles. The third-order valence-electron chi connectivity index (χ3n) is 2.69. The van der Waals surface area contributed by atoms with Gasteiger partial charge < -0.3 is 5.32 Å². The smallest absolute Gasteiger partial charge is 0.0224 e. The molecular formula is C8H16N2. The van der Waals surface area contributed by atoms with Gasteiger partial charge in [0, 0.05) is 32.2 Å². The van der Waals surface area contributed by atoms with Crippen molar-refractivity contribution in [1.29, 1.82) is 0 Å². The molecule has 2 fully saturated rings. The van der Waals surface area contributed by atoms with E-state index >= 15 is 0 Å². The van der Waals surface area contributed by atoms with Gasteiger partial charge in [-0.2, -0.15) is 0 Å². The fraction of sp³-hybridized carbons (Fsp3) is 1.00. The van der Waals surface area contributed by atoms with Gasteiger partial charge in [-0.05, 0) is 12.3 Å². The van der Waals surface area contributed by atoms with Crippen molar-refractivity contribution < 1.29 is 0 Å². The zero-order chi connectivity index (χ0) is 6.97. The van der Waals surface area contributed by atoms with E-state index in [0.29, 0.717) is 0 Å². The van der Waals surface area contributed by atoms with Gasteiger partial charge in [0.2, 0.25) is 0 Å². The Morgan fingerprint density at radius 1 is 1.50 bits per heavy atom. The number of piperazine rings is 1. The van der Waals surface area contributed by atoms with Crippen molar-refractivity contribution in [3.8, 4) is 0 Å². The number of fused-ring (bicyclic) bond motifs is 1. The van der Waals surface area contributed by atoms with Crippen LogP contribution in [0.5, 0.6) is 0 Å². The fourth-order valence-electron chi connectivity index (χ4n) is 2.22. The molecule has 0 saturated carbocycles. The highest BCUT2D eigenvalue weighted by atomic mass is 15.2. The standard InChI is InChI=1S/C8H16N2/c1-7-4-8-5-9-2-3-10(8)6-7/h7-9H,2-6H2,1H3/t7-,8?/m0/s1. The normalized spacial score (nSPS) is 41.7. The minimum absolute atomic E-state index is 0.865. The number of nitrogens with one attached hydrogen (secondary N) is 1. The second-order valence-corrected chi connectivity index (χ2v) is 3.69. The average Bonchev–Trinajstić information content (AvgIpc) is 2.27. The van der Waals surface area contributed by atoms with Gasteiger partial charge in [-0.3, -0.25) is 4.90 Å². The molecule has 0 radical (unpaired) electrons. The van der Waals surface area contributed by atoms with Crippen molar-refractivity contribution in [1.82, 2.24) is 10.2 Å². The lowest BCUT2D eigenvalue weighted by atomic mass is 10.1. The summed E-state index contributed by atoms with van der Waals surface area (Å²) in [5.74, 6) is 0.935. The molecule has 0 aromatic carbocycles. The minimum Gasteiger partial charge on any atom is -0.314 e. The van der Waals surface area contributed by atoms with Gasteiger partial charge in [0.15, 0.2) is 0 Å². The van der Waals surface area contributed by atoms with Crippen LogP contribution in [-0.4, -0.2) is 37.1 Å². The van der Waals surface area contributed by atoms with Gasteiger partial charge in [0.05, 0.1) is 0 Å². The van der Waals surface area contributed by atoms with Crippen molar-refractivity contribution in [3.05, 3.63) is 0 Å². The van der Waals surface area contributed by atoms with Crippen LogP contribution in [-0.2, 0) is 0 Å². The Kier molecular flexibility index (Phi) is 1.66. The molecule has 0 aromatic rings. The highest BCUT2D eigenvalue weighted by Gasteiger charge is 2.30. The third kappa shape index (κ3) is 1.06. The van der Waals surface area contributed by atoms with Crippen molar-refractivity contribution in [3.63, 3.8) is 0 Å². The Labute approximate surface area is 62.6 Å². The molecule has 2 heterocycles. The molecule has 2 aliphatic rings. The molecule has 2 atom stereocenters. The quantitative estimate of drug-likeness (QED) is 0.520. The monoisotopic (exact) mass is 140 g/mol. The number of rotatable bonds is 0. The Balaban J connectivity index is 1.97. The molecule has 1 N–H and O–H groups in total. The molecule has 2 heteroatoms. The van der Waals surface area contributed by atoms with Crippen LogP contribution in [0.1, 0.15) is 13.3 Å². The molecule has 2 saturated heterocycles. The van der Waals surface area contributed by atoms with Gasteiger partial charge >= 0.3 is 0 Å². The summed E-state index contributed by atoms with van der Waals surface area (Å²) in [6.45, 7) is 7.40. The van der Waals surface area contributed by atoms with Crippen LogP contribution in [0.2, 0.25) is 0 Å². The van der Waals surface area contributed by atoms with Gasteiger partial charge in [0.1, 0.15) is 0 Å². The van der Waals surface area contributed by atoms with Gasteiger partial charge in [-0.15, -0.1) is 0 Å². The summed E-state index contributed by atoms with van der Waals surface area (Å²) in [5.41, 5.74) is 0. The second-order valence-electron chi connectivity index (χ2n) is 3.69. The van der Waals surface area contributed by atoms with Gasteiger partial charge in [-0.1, -0.05) is 6.92 Å². The zero-order valence-electron chi connectivity index (χ0n) is 6.64. The molecule has 2 rings (SSSR count). The molecule has 58 valence electrons. The Morgan fingerprint density at radius 2 is 2.40 bits per heavy atom. The second kappa shape index (κ2) is 2.51. The topological polar surface area (TPSA) is 15.3 Å². The van der Waals surface area contributed by atoms with E-state index in [1.54, 1.807) is 0 Å². The van der Waals surface area contributed by atoms with Crippen LogP contribution in [0.3, 0.4) is 0 Å². The summed E-state index contributed by atoms with van der Waals surface area (Å²) in [6.07, 6.45) is 1.41. The van der Waals surface area contributed by atoms with Crippen LogP contribution in [0.4, 0.5) is 0 Å². The van der Waals surface area contributed by atoms with E-state index in [-0.39, 0.29) is 0 Å². The zero-order valence-corrected chi connectivity index (χ0v) is 6.64. The number of hydrogen-bond donors (Lipinski definition) is 1. The maximum absolute atomic E-state index is 3.44. The molecule has 0 aromatic heterocycles. The van der Waals surface area contributed by atoms with Crippen molar-refractivity contribution in [2.45, 2.75) is 19.4 Å².